The van der Waals surface area contributed by atoms with E-state index in [9.17, 15) is 0 Å². The van der Waals surface area contributed by atoms with Gasteiger partial charge in [-0.3, -0.25) is 4.90 Å². The quantitative estimate of drug-likeness (QED) is 0.368. The Labute approximate surface area is 119 Å². The molecule has 3 heteroatoms. The minimum Gasteiger partial charge on any atom is -0.277 e. The third-order valence-electron chi connectivity index (χ3n) is 3.42. The van der Waals surface area contributed by atoms with E-state index in [1.54, 1.807) is 0 Å². The van der Waals surface area contributed by atoms with Gasteiger partial charge in [-0.05, 0) is 6.42 Å². The lowest BCUT2D eigenvalue weighted by Gasteiger charge is -2.14. The van der Waals surface area contributed by atoms with Crippen LogP contribution in [-0.2, 0) is 0 Å². The number of nitriles is 2. The second-order valence-corrected chi connectivity index (χ2v) is 5.21. The second-order valence-electron chi connectivity index (χ2n) is 5.21. The summed E-state index contributed by atoms with van der Waals surface area (Å²) in [5, 5.41) is 17.2. The van der Waals surface area contributed by atoms with Crippen molar-refractivity contribution in [3.8, 4) is 12.1 Å². The Kier molecular flexibility index (Phi) is 14.2. The molecular formula is C16H29N3. The van der Waals surface area contributed by atoms with Gasteiger partial charge < -0.3 is 0 Å². The Morgan fingerprint density at radius 1 is 0.684 bits per heavy atom. The standard InChI is InChI=1S/C16H29N3/c1-2-3-4-5-6-7-8-9-10-11-14-19(15-12-17)16-13-18/h2-11,14-16H2,1H3. The number of hydrogen-bond acceptors (Lipinski definition) is 3. The molecule has 0 unspecified atom stereocenters. The van der Waals surface area contributed by atoms with E-state index in [2.05, 4.69) is 19.1 Å². The first-order valence-corrected chi connectivity index (χ1v) is 7.81. The Hall–Kier alpha value is -1.06. The highest BCUT2D eigenvalue weighted by Crippen LogP contribution is 2.10. The highest BCUT2D eigenvalue weighted by Gasteiger charge is 2.02. The van der Waals surface area contributed by atoms with Gasteiger partial charge in [0.25, 0.3) is 0 Å². The van der Waals surface area contributed by atoms with E-state index in [1.807, 2.05) is 4.90 Å². The summed E-state index contributed by atoms with van der Waals surface area (Å²) in [4.78, 5) is 1.92. The van der Waals surface area contributed by atoms with Gasteiger partial charge in [0, 0.05) is 6.54 Å². The molecule has 0 N–H and O–H groups in total. The van der Waals surface area contributed by atoms with E-state index in [-0.39, 0.29) is 0 Å². The molecule has 0 saturated carbocycles. The predicted molar refractivity (Wildman–Crippen MR) is 79.5 cm³/mol. The van der Waals surface area contributed by atoms with Crippen LogP contribution in [0, 0.1) is 22.7 Å². The zero-order chi connectivity index (χ0) is 14.2. The first kappa shape index (κ1) is 17.9. The summed E-state index contributed by atoms with van der Waals surface area (Å²) in [5.41, 5.74) is 0. The lowest BCUT2D eigenvalue weighted by molar-refractivity contribution is 0.330. The van der Waals surface area contributed by atoms with E-state index in [4.69, 9.17) is 10.5 Å². The molecule has 0 aromatic heterocycles. The molecular weight excluding hydrogens is 234 g/mol. The first-order valence-electron chi connectivity index (χ1n) is 7.81. The van der Waals surface area contributed by atoms with Crippen LogP contribution in [0.4, 0.5) is 0 Å². The van der Waals surface area contributed by atoms with Crippen molar-refractivity contribution >= 4 is 0 Å². The van der Waals surface area contributed by atoms with Crippen LogP contribution in [0.5, 0.6) is 0 Å². The van der Waals surface area contributed by atoms with Gasteiger partial charge >= 0.3 is 0 Å². The van der Waals surface area contributed by atoms with E-state index in [0.717, 1.165) is 13.0 Å². The molecule has 0 aliphatic carbocycles. The van der Waals surface area contributed by atoms with Gasteiger partial charge in [-0.25, -0.2) is 0 Å². The van der Waals surface area contributed by atoms with Crippen molar-refractivity contribution in [2.45, 2.75) is 71.1 Å². The lowest BCUT2D eigenvalue weighted by atomic mass is 10.1. The fraction of sp³-hybridized carbons (Fsp3) is 0.875. The average molecular weight is 263 g/mol. The molecule has 0 spiro atoms. The van der Waals surface area contributed by atoms with Crippen LogP contribution in [0.2, 0.25) is 0 Å². The van der Waals surface area contributed by atoms with E-state index < -0.39 is 0 Å². The maximum atomic E-state index is 8.62. The van der Waals surface area contributed by atoms with Crippen LogP contribution in [0.1, 0.15) is 71.1 Å². The van der Waals surface area contributed by atoms with Gasteiger partial charge in [-0.1, -0.05) is 64.7 Å². The summed E-state index contributed by atoms with van der Waals surface area (Å²) in [6.07, 6.45) is 13.2. The summed E-state index contributed by atoms with van der Waals surface area (Å²) in [6.45, 7) is 3.90. The van der Waals surface area contributed by atoms with E-state index >= 15 is 0 Å². The van der Waals surface area contributed by atoms with Gasteiger partial charge in [-0.2, -0.15) is 10.5 Å². The smallest absolute Gasteiger partial charge is 0.0874 e. The SMILES string of the molecule is CCCCCCCCCCCCN(CC#N)CC#N. The topological polar surface area (TPSA) is 50.8 Å². The molecule has 0 saturated heterocycles. The Bertz CT molecular complexity index is 246. The fourth-order valence-corrected chi connectivity index (χ4v) is 2.24. The summed E-state index contributed by atoms with van der Waals surface area (Å²) >= 11 is 0. The molecule has 0 heterocycles. The number of unbranched alkanes of at least 4 members (excludes halogenated alkanes) is 9. The van der Waals surface area contributed by atoms with Crippen LogP contribution in [0.15, 0.2) is 0 Å². The highest BCUT2D eigenvalue weighted by molar-refractivity contribution is 4.83. The van der Waals surface area contributed by atoms with Crippen LogP contribution in [0.25, 0.3) is 0 Å². The molecule has 0 rings (SSSR count). The molecule has 0 aliphatic heterocycles. The first-order chi connectivity index (χ1) is 9.35. The van der Waals surface area contributed by atoms with Gasteiger partial charge in [-0.15, -0.1) is 0 Å². The van der Waals surface area contributed by atoms with Crippen molar-refractivity contribution in [3.63, 3.8) is 0 Å². The third kappa shape index (κ3) is 13.2. The van der Waals surface area contributed by atoms with Gasteiger partial charge in [0.05, 0.1) is 25.2 Å². The maximum absolute atomic E-state index is 8.62. The van der Waals surface area contributed by atoms with E-state index in [0.29, 0.717) is 13.1 Å². The van der Waals surface area contributed by atoms with Crippen molar-refractivity contribution in [2.24, 2.45) is 0 Å². The average Bonchev–Trinajstić information content (AvgIpc) is 2.41. The van der Waals surface area contributed by atoms with Crippen LogP contribution < -0.4 is 0 Å². The van der Waals surface area contributed by atoms with Crippen molar-refractivity contribution in [2.75, 3.05) is 19.6 Å². The fourth-order valence-electron chi connectivity index (χ4n) is 2.24. The number of hydrogen-bond donors (Lipinski definition) is 0. The Morgan fingerprint density at radius 3 is 1.53 bits per heavy atom. The van der Waals surface area contributed by atoms with Crippen molar-refractivity contribution in [1.29, 1.82) is 10.5 Å². The van der Waals surface area contributed by atoms with Crippen LogP contribution in [0.3, 0.4) is 0 Å². The summed E-state index contributed by atoms with van der Waals surface area (Å²) in [5.74, 6) is 0. The van der Waals surface area contributed by atoms with Crippen LogP contribution >= 0.6 is 0 Å². The molecule has 0 atom stereocenters. The zero-order valence-electron chi connectivity index (χ0n) is 12.5. The molecule has 0 aliphatic rings. The molecule has 3 nitrogen and oxygen atoms in total. The minimum atomic E-state index is 0.380. The predicted octanol–water partition coefficient (Wildman–Crippen LogP) is 4.26. The normalized spacial score (nSPS) is 10.3. The molecule has 0 amide bonds. The largest absolute Gasteiger partial charge is 0.277 e. The van der Waals surface area contributed by atoms with E-state index in [1.165, 1.54) is 57.8 Å². The Morgan fingerprint density at radius 2 is 1.11 bits per heavy atom. The lowest BCUT2D eigenvalue weighted by Crippen LogP contribution is -2.25. The molecule has 0 radical (unpaired) electrons. The highest BCUT2D eigenvalue weighted by atomic mass is 15.1. The summed E-state index contributed by atoms with van der Waals surface area (Å²) in [7, 11) is 0. The van der Waals surface area contributed by atoms with Gasteiger partial charge in [0.15, 0.2) is 0 Å². The number of nitrogens with zero attached hydrogens (tertiary/aromatic N) is 3. The summed E-state index contributed by atoms with van der Waals surface area (Å²) in [6, 6.07) is 4.23. The van der Waals surface area contributed by atoms with Crippen LogP contribution in [-0.4, -0.2) is 24.5 Å². The van der Waals surface area contributed by atoms with Crippen molar-refractivity contribution in [1.82, 2.24) is 4.90 Å². The summed E-state index contributed by atoms with van der Waals surface area (Å²) < 4.78 is 0. The molecule has 0 aromatic carbocycles. The zero-order valence-corrected chi connectivity index (χ0v) is 12.5. The maximum Gasteiger partial charge on any atom is 0.0874 e. The van der Waals surface area contributed by atoms with Gasteiger partial charge in [0.1, 0.15) is 0 Å². The minimum absolute atomic E-state index is 0.380. The van der Waals surface area contributed by atoms with Crippen molar-refractivity contribution < 1.29 is 0 Å². The Balaban J connectivity index is 3.25. The number of rotatable bonds is 13. The van der Waals surface area contributed by atoms with Crippen molar-refractivity contribution in [3.05, 3.63) is 0 Å². The molecule has 19 heavy (non-hydrogen) atoms. The molecule has 0 aromatic rings. The molecule has 0 bridgehead atoms. The molecule has 0 fully saturated rings. The molecule has 108 valence electrons. The van der Waals surface area contributed by atoms with Gasteiger partial charge in [0.2, 0.25) is 0 Å². The second kappa shape index (κ2) is 15.0. The monoisotopic (exact) mass is 263 g/mol. The third-order valence-corrected chi connectivity index (χ3v) is 3.42.